The van der Waals surface area contributed by atoms with Crippen molar-refractivity contribution in [2.45, 2.75) is 31.0 Å². The van der Waals surface area contributed by atoms with Crippen molar-refractivity contribution >= 4 is 5.91 Å². The summed E-state index contributed by atoms with van der Waals surface area (Å²) < 4.78 is 5.82. The Kier molecular flexibility index (Phi) is 6.02. The molecular weight excluding hydrogens is 342 g/mol. The summed E-state index contributed by atoms with van der Waals surface area (Å²) in [5.41, 5.74) is 0.732. The third-order valence-electron chi connectivity index (χ3n) is 6.22. The molecule has 3 aliphatic heterocycles. The second-order valence-electron chi connectivity index (χ2n) is 8.02. The molecule has 0 saturated carbocycles. The zero-order valence-electron chi connectivity index (χ0n) is 16.2. The Hall–Kier alpha value is -1.54. The molecule has 0 aromatic carbocycles. The van der Waals surface area contributed by atoms with Gasteiger partial charge in [0.05, 0.1) is 19.3 Å². The van der Waals surface area contributed by atoms with Crippen molar-refractivity contribution in [1.82, 2.24) is 25.0 Å². The summed E-state index contributed by atoms with van der Waals surface area (Å²) in [6.45, 7) is 7.78. The number of pyridine rings is 1. The van der Waals surface area contributed by atoms with Crippen LogP contribution in [0.2, 0.25) is 0 Å². The molecule has 1 aromatic heterocycles. The van der Waals surface area contributed by atoms with Gasteiger partial charge in [0.15, 0.2) is 0 Å². The standard InChI is InChI=1S/C20H31N5O2/c1-23-10-12-24(13-11-23)19-15-27-14-18(19)22-17-4-8-25(9-5-17)20(26)16-2-6-21-7-3-16/h2-3,6-7,17-19,22H,4-5,8-15H2,1H3/t18-,19-/m0/s1. The predicted octanol–water partition coefficient (Wildman–Crippen LogP) is 0.291. The Morgan fingerprint density at radius 3 is 2.48 bits per heavy atom. The SMILES string of the molecule is CN1CCN([C@H]2COC[C@@H]2NC2CCN(C(=O)c3ccncc3)CC2)CC1. The average molecular weight is 374 g/mol. The lowest BCUT2D eigenvalue weighted by Gasteiger charge is -2.40. The summed E-state index contributed by atoms with van der Waals surface area (Å²) in [5.74, 6) is 0.121. The maximum Gasteiger partial charge on any atom is 0.253 e. The minimum absolute atomic E-state index is 0.121. The molecule has 2 atom stereocenters. The fraction of sp³-hybridized carbons (Fsp3) is 0.700. The number of nitrogens with one attached hydrogen (secondary N) is 1. The highest BCUT2D eigenvalue weighted by Crippen LogP contribution is 2.19. The third kappa shape index (κ3) is 4.48. The van der Waals surface area contributed by atoms with Crippen molar-refractivity contribution in [3.05, 3.63) is 30.1 Å². The van der Waals surface area contributed by atoms with Gasteiger partial charge < -0.3 is 19.9 Å². The first-order valence-corrected chi connectivity index (χ1v) is 10.2. The van der Waals surface area contributed by atoms with Crippen LogP contribution < -0.4 is 5.32 Å². The monoisotopic (exact) mass is 373 g/mol. The maximum absolute atomic E-state index is 12.6. The number of nitrogens with zero attached hydrogens (tertiary/aromatic N) is 4. The van der Waals surface area contributed by atoms with Crippen LogP contribution in [0, 0.1) is 0 Å². The van der Waals surface area contributed by atoms with Crippen LogP contribution in [0.5, 0.6) is 0 Å². The second-order valence-corrected chi connectivity index (χ2v) is 8.02. The smallest absolute Gasteiger partial charge is 0.253 e. The number of carbonyl (C=O) groups excluding carboxylic acids is 1. The highest BCUT2D eigenvalue weighted by atomic mass is 16.5. The summed E-state index contributed by atoms with van der Waals surface area (Å²) in [6.07, 6.45) is 5.37. The highest BCUT2D eigenvalue weighted by molar-refractivity contribution is 5.94. The number of piperidine rings is 1. The van der Waals surface area contributed by atoms with Crippen LogP contribution in [-0.4, -0.2) is 103 Å². The van der Waals surface area contributed by atoms with Crippen LogP contribution in [0.4, 0.5) is 0 Å². The molecule has 1 amide bonds. The quantitative estimate of drug-likeness (QED) is 0.819. The number of aromatic nitrogens is 1. The number of hydrogen-bond donors (Lipinski definition) is 1. The van der Waals surface area contributed by atoms with Gasteiger partial charge in [-0.05, 0) is 32.0 Å². The van der Waals surface area contributed by atoms with Crippen LogP contribution in [0.1, 0.15) is 23.2 Å². The minimum atomic E-state index is 0.121. The van der Waals surface area contributed by atoms with Gasteiger partial charge in [0.2, 0.25) is 0 Å². The van der Waals surface area contributed by atoms with Gasteiger partial charge in [0, 0.05) is 69.3 Å². The van der Waals surface area contributed by atoms with Gasteiger partial charge in [-0.1, -0.05) is 0 Å². The molecule has 1 N–H and O–H groups in total. The predicted molar refractivity (Wildman–Crippen MR) is 104 cm³/mol. The number of carbonyl (C=O) groups is 1. The van der Waals surface area contributed by atoms with Crippen LogP contribution in [-0.2, 0) is 4.74 Å². The maximum atomic E-state index is 12.6. The van der Waals surface area contributed by atoms with Crippen LogP contribution in [0.25, 0.3) is 0 Å². The normalized spacial score (nSPS) is 28.6. The van der Waals surface area contributed by atoms with Crippen molar-refractivity contribution in [1.29, 1.82) is 0 Å². The van der Waals surface area contributed by atoms with E-state index < -0.39 is 0 Å². The molecule has 0 radical (unpaired) electrons. The topological polar surface area (TPSA) is 60.9 Å². The molecule has 7 nitrogen and oxygen atoms in total. The summed E-state index contributed by atoms with van der Waals surface area (Å²) >= 11 is 0. The summed E-state index contributed by atoms with van der Waals surface area (Å²) in [7, 11) is 2.19. The van der Waals surface area contributed by atoms with E-state index in [1.165, 1.54) is 0 Å². The summed E-state index contributed by atoms with van der Waals surface area (Å²) in [5, 5.41) is 3.85. The lowest BCUT2D eigenvalue weighted by atomic mass is 10.0. The number of hydrogen-bond acceptors (Lipinski definition) is 6. The molecule has 3 saturated heterocycles. The molecule has 0 spiro atoms. The molecule has 27 heavy (non-hydrogen) atoms. The van der Waals surface area contributed by atoms with Crippen molar-refractivity contribution in [3.63, 3.8) is 0 Å². The minimum Gasteiger partial charge on any atom is -0.378 e. The Morgan fingerprint density at radius 2 is 1.78 bits per heavy atom. The van der Waals surface area contributed by atoms with E-state index in [9.17, 15) is 4.79 Å². The molecule has 0 bridgehead atoms. The highest BCUT2D eigenvalue weighted by Gasteiger charge is 2.36. The molecule has 0 unspecified atom stereocenters. The lowest BCUT2D eigenvalue weighted by Crippen LogP contribution is -2.58. The van der Waals surface area contributed by atoms with Gasteiger partial charge in [-0.3, -0.25) is 14.7 Å². The van der Waals surface area contributed by atoms with Gasteiger partial charge in [0.25, 0.3) is 5.91 Å². The molecule has 4 rings (SSSR count). The van der Waals surface area contributed by atoms with Crippen LogP contribution >= 0.6 is 0 Å². The number of likely N-dealkylation sites (N-methyl/N-ethyl adjacent to an activating group) is 1. The van der Waals surface area contributed by atoms with Crippen LogP contribution in [0.15, 0.2) is 24.5 Å². The Labute approximate surface area is 161 Å². The fourth-order valence-corrected chi connectivity index (χ4v) is 4.44. The van der Waals surface area contributed by atoms with E-state index in [4.69, 9.17) is 4.74 Å². The van der Waals surface area contributed by atoms with E-state index in [0.29, 0.717) is 18.1 Å². The first kappa shape index (κ1) is 18.8. The van der Waals surface area contributed by atoms with E-state index >= 15 is 0 Å². The average Bonchev–Trinajstić information content (AvgIpc) is 3.17. The van der Waals surface area contributed by atoms with Crippen molar-refractivity contribution in [3.8, 4) is 0 Å². The van der Waals surface area contributed by atoms with Crippen LogP contribution in [0.3, 0.4) is 0 Å². The Balaban J connectivity index is 1.27. The summed E-state index contributed by atoms with van der Waals surface area (Å²) in [4.78, 5) is 23.5. The number of piperazine rings is 1. The second kappa shape index (κ2) is 8.65. The largest absolute Gasteiger partial charge is 0.378 e. The molecule has 1 aromatic rings. The zero-order valence-corrected chi connectivity index (χ0v) is 16.2. The van der Waals surface area contributed by atoms with E-state index in [1.807, 2.05) is 4.90 Å². The van der Waals surface area contributed by atoms with E-state index in [2.05, 4.69) is 27.1 Å². The van der Waals surface area contributed by atoms with Gasteiger partial charge in [-0.25, -0.2) is 0 Å². The number of ether oxygens (including phenoxy) is 1. The Morgan fingerprint density at radius 1 is 1.07 bits per heavy atom. The zero-order chi connectivity index (χ0) is 18.6. The van der Waals surface area contributed by atoms with Gasteiger partial charge in [-0.2, -0.15) is 0 Å². The molecule has 0 aliphatic carbocycles. The van der Waals surface area contributed by atoms with Gasteiger partial charge in [0.1, 0.15) is 0 Å². The third-order valence-corrected chi connectivity index (χ3v) is 6.22. The van der Waals surface area contributed by atoms with Crippen molar-refractivity contribution in [2.75, 3.05) is 59.5 Å². The number of rotatable bonds is 4. The number of amides is 1. The molecule has 3 aliphatic rings. The molecule has 3 fully saturated rings. The first-order valence-electron chi connectivity index (χ1n) is 10.2. The van der Waals surface area contributed by atoms with Crippen molar-refractivity contribution < 1.29 is 9.53 Å². The number of likely N-dealkylation sites (tertiary alicyclic amines) is 1. The van der Waals surface area contributed by atoms with Gasteiger partial charge in [-0.15, -0.1) is 0 Å². The first-order chi connectivity index (χ1) is 13.2. The van der Waals surface area contributed by atoms with E-state index in [1.54, 1.807) is 24.5 Å². The van der Waals surface area contributed by atoms with E-state index in [-0.39, 0.29) is 5.91 Å². The van der Waals surface area contributed by atoms with Gasteiger partial charge >= 0.3 is 0 Å². The molecule has 7 heteroatoms. The molecule has 148 valence electrons. The molecular formula is C20H31N5O2. The lowest BCUT2D eigenvalue weighted by molar-refractivity contribution is 0.0687. The Bertz CT molecular complexity index is 612. The fourth-order valence-electron chi connectivity index (χ4n) is 4.44. The van der Waals surface area contributed by atoms with E-state index in [0.717, 1.165) is 70.9 Å². The van der Waals surface area contributed by atoms with Crippen molar-refractivity contribution in [2.24, 2.45) is 0 Å². The summed E-state index contributed by atoms with van der Waals surface area (Å²) in [6, 6.07) is 4.94. The molecule has 4 heterocycles.